The molecule has 0 aliphatic carbocycles. The molecule has 4 rings (SSSR count). The summed E-state index contributed by atoms with van der Waals surface area (Å²) in [6.07, 6.45) is 3.72. The predicted octanol–water partition coefficient (Wildman–Crippen LogP) is 2.89. The van der Waals surface area contributed by atoms with Gasteiger partial charge in [-0.1, -0.05) is 91.0 Å². The van der Waals surface area contributed by atoms with Crippen LogP contribution < -0.4 is 16.6 Å². The number of rotatable bonds is 8. The topological polar surface area (TPSA) is 95.8 Å². The number of aromatic amines is 1. The second kappa shape index (κ2) is 9.38. The summed E-state index contributed by atoms with van der Waals surface area (Å²) >= 11 is 0. The van der Waals surface area contributed by atoms with Gasteiger partial charge in [0.25, 0.3) is 5.91 Å². The molecule has 1 aromatic heterocycles. The summed E-state index contributed by atoms with van der Waals surface area (Å²) in [6, 6.07) is 29.8. The molecule has 0 fully saturated rings. The van der Waals surface area contributed by atoms with E-state index in [0.717, 1.165) is 22.4 Å². The molecule has 31 heavy (non-hydrogen) atoms. The van der Waals surface area contributed by atoms with Crippen LogP contribution in [0.2, 0.25) is 0 Å². The van der Waals surface area contributed by atoms with E-state index in [4.69, 9.17) is 5.84 Å². The average Bonchev–Trinajstić information content (AvgIpc) is 3.36. The Morgan fingerprint density at radius 3 is 1.74 bits per heavy atom. The van der Waals surface area contributed by atoms with E-state index in [0.29, 0.717) is 6.42 Å². The number of imidazole rings is 1. The minimum Gasteiger partial charge on any atom is -0.348 e. The molecule has 156 valence electrons. The van der Waals surface area contributed by atoms with Crippen molar-refractivity contribution in [1.29, 1.82) is 0 Å². The zero-order valence-corrected chi connectivity index (χ0v) is 17.0. The van der Waals surface area contributed by atoms with Crippen LogP contribution in [-0.4, -0.2) is 21.9 Å². The molecule has 1 atom stereocenters. The van der Waals surface area contributed by atoms with Gasteiger partial charge in [-0.15, -0.1) is 0 Å². The monoisotopic (exact) mass is 411 g/mol. The van der Waals surface area contributed by atoms with Crippen molar-refractivity contribution in [2.75, 3.05) is 0 Å². The quantitative estimate of drug-likeness (QED) is 0.155. The van der Waals surface area contributed by atoms with Gasteiger partial charge >= 0.3 is 0 Å². The molecule has 0 saturated heterocycles. The van der Waals surface area contributed by atoms with Crippen molar-refractivity contribution in [1.82, 2.24) is 20.7 Å². The van der Waals surface area contributed by atoms with E-state index in [2.05, 4.69) is 57.1 Å². The van der Waals surface area contributed by atoms with Gasteiger partial charge in [0.15, 0.2) is 0 Å². The van der Waals surface area contributed by atoms with Crippen LogP contribution in [0.25, 0.3) is 0 Å². The SMILES string of the molecule is NNC(=O)[C@H](Cc1cnc[nH]1)NC(c1ccccc1)(c1ccccc1)c1ccccc1. The number of hydrazine groups is 1. The van der Waals surface area contributed by atoms with Gasteiger partial charge in [0.05, 0.1) is 17.9 Å². The van der Waals surface area contributed by atoms with Crippen LogP contribution in [0.5, 0.6) is 0 Å². The van der Waals surface area contributed by atoms with Gasteiger partial charge in [-0.05, 0) is 16.7 Å². The third kappa shape index (κ3) is 4.26. The number of benzene rings is 3. The summed E-state index contributed by atoms with van der Waals surface area (Å²) < 4.78 is 0. The van der Waals surface area contributed by atoms with Crippen molar-refractivity contribution in [3.63, 3.8) is 0 Å². The number of nitrogens with zero attached hydrogens (tertiary/aromatic N) is 1. The highest BCUT2D eigenvalue weighted by Gasteiger charge is 2.39. The van der Waals surface area contributed by atoms with Crippen molar-refractivity contribution < 1.29 is 4.79 Å². The van der Waals surface area contributed by atoms with Gasteiger partial charge in [-0.2, -0.15) is 0 Å². The zero-order valence-electron chi connectivity index (χ0n) is 17.0. The van der Waals surface area contributed by atoms with Crippen LogP contribution in [0.1, 0.15) is 22.4 Å². The number of nitrogens with two attached hydrogens (primary N) is 1. The summed E-state index contributed by atoms with van der Waals surface area (Å²) in [7, 11) is 0. The molecule has 3 aromatic carbocycles. The minimum atomic E-state index is -0.777. The lowest BCUT2D eigenvalue weighted by molar-refractivity contribution is -0.123. The van der Waals surface area contributed by atoms with Gasteiger partial charge in [-0.25, -0.2) is 10.8 Å². The maximum Gasteiger partial charge on any atom is 0.251 e. The van der Waals surface area contributed by atoms with Crippen LogP contribution in [0.15, 0.2) is 104 Å². The maximum atomic E-state index is 12.9. The van der Waals surface area contributed by atoms with Crippen LogP contribution in [0, 0.1) is 0 Å². The number of carbonyl (C=O) groups excluding carboxylic acids is 1. The van der Waals surface area contributed by atoms with E-state index in [9.17, 15) is 4.79 Å². The van der Waals surface area contributed by atoms with Gasteiger partial charge in [0.2, 0.25) is 0 Å². The Morgan fingerprint density at radius 2 is 1.35 bits per heavy atom. The molecule has 1 heterocycles. The summed E-state index contributed by atoms with van der Waals surface area (Å²) in [5.41, 5.74) is 5.44. The van der Waals surface area contributed by atoms with Crippen LogP contribution in [0.3, 0.4) is 0 Å². The second-order valence-corrected chi connectivity index (χ2v) is 7.33. The molecule has 6 nitrogen and oxygen atoms in total. The Bertz CT molecular complexity index is 986. The molecule has 5 N–H and O–H groups in total. The fourth-order valence-corrected chi connectivity index (χ4v) is 4.00. The highest BCUT2D eigenvalue weighted by molar-refractivity contribution is 5.82. The van der Waals surface area contributed by atoms with E-state index in [1.54, 1.807) is 12.5 Å². The van der Waals surface area contributed by atoms with Crippen molar-refractivity contribution in [3.8, 4) is 0 Å². The van der Waals surface area contributed by atoms with Crippen LogP contribution >= 0.6 is 0 Å². The number of nitrogens with one attached hydrogen (secondary N) is 3. The summed E-state index contributed by atoms with van der Waals surface area (Å²) in [6.45, 7) is 0. The van der Waals surface area contributed by atoms with E-state index >= 15 is 0 Å². The lowest BCUT2D eigenvalue weighted by atomic mass is 9.76. The maximum absolute atomic E-state index is 12.9. The van der Waals surface area contributed by atoms with Crippen molar-refractivity contribution in [2.24, 2.45) is 5.84 Å². The third-order valence-electron chi connectivity index (χ3n) is 5.45. The van der Waals surface area contributed by atoms with E-state index in [-0.39, 0.29) is 5.91 Å². The molecule has 0 saturated carbocycles. The number of hydrogen-bond donors (Lipinski definition) is 4. The Labute approximate surface area is 181 Å². The molecule has 0 radical (unpaired) electrons. The summed E-state index contributed by atoms with van der Waals surface area (Å²) in [5, 5.41) is 3.67. The predicted molar refractivity (Wildman–Crippen MR) is 121 cm³/mol. The van der Waals surface area contributed by atoms with Crippen molar-refractivity contribution in [2.45, 2.75) is 18.0 Å². The van der Waals surface area contributed by atoms with E-state index in [1.165, 1.54) is 0 Å². The Morgan fingerprint density at radius 1 is 0.871 bits per heavy atom. The number of aromatic nitrogens is 2. The number of H-pyrrole nitrogens is 1. The lowest BCUT2D eigenvalue weighted by Crippen LogP contribution is -2.57. The molecule has 0 unspecified atom stereocenters. The smallest absolute Gasteiger partial charge is 0.251 e. The molecule has 0 bridgehead atoms. The van der Waals surface area contributed by atoms with E-state index in [1.807, 2.05) is 54.6 Å². The third-order valence-corrected chi connectivity index (χ3v) is 5.45. The number of carbonyl (C=O) groups is 1. The van der Waals surface area contributed by atoms with Gasteiger partial charge in [0.1, 0.15) is 0 Å². The number of hydrogen-bond acceptors (Lipinski definition) is 4. The Hall–Kier alpha value is -3.74. The molecule has 6 heteroatoms. The molecule has 0 spiro atoms. The minimum absolute atomic E-state index is 0.304. The van der Waals surface area contributed by atoms with E-state index < -0.39 is 11.6 Å². The normalized spacial score (nSPS) is 12.3. The largest absolute Gasteiger partial charge is 0.348 e. The molecular formula is C25H25N5O. The fraction of sp³-hybridized carbons (Fsp3) is 0.120. The van der Waals surface area contributed by atoms with Crippen molar-refractivity contribution >= 4 is 5.91 Å². The first-order valence-corrected chi connectivity index (χ1v) is 10.2. The Kier molecular flexibility index (Phi) is 6.21. The average molecular weight is 412 g/mol. The molecule has 1 amide bonds. The standard InChI is InChI=1S/C25H25N5O/c26-30-24(31)23(16-22-17-27-18-28-22)29-25(19-10-4-1-5-11-19,20-12-6-2-7-13-20)21-14-8-3-9-15-21/h1-15,17-18,23,29H,16,26H2,(H,27,28)(H,30,31)/t23-/m0/s1. The molecule has 0 aliphatic rings. The van der Waals surface area contributed by atoms with Gasteiger partial charge in [0, 0.05) is 18.3 Å². The van der Waals surface area contributed by atoms with Gasteiger partial charge in [-0.3, -0.25) is 15.5 Å². The number of amides is 1. The Balaban J connectivity index is 1.91. The first-order valence-electron chi connectivity index (χ1n) is 10.2. The zero-order chi connectivity index (χ0) is 21.5. The molecule has 4 aromatic rings. The molecular weight excluding hydrogens is 386 g/mol. The van der Waals surface area contributed by atoms with Crippen LogP contribution in [0.4, 0.5) is 0 Å². The first-order chi connectivity index (χ1) is 15.2. The highest BCUT2D eigenvalue weighted by Crippen LogP contribution is 2.37. The fourth-order valence-electron chi connectivity index (χ4n) is 4.00. The summed E-state index contributed by atoms with van der Waals surface area (Å²) in [5.74, 6) is 5.27. The first kappa shape index (κ1) is 20.5. The van der Waals surface area contributed by atoms with Crippen LogP contribution in [-0.2, 0) is 16.8 Å². The second-order valence-electron chi connectivity index (χ2n) is 7.33. The van der Waals surface area contributed by atoms with Crippen molar-refractivity contribution in [3.05, 3.63) is 126 Å². The highest BCUT2D eigenvalue weighted by atomic mass is 16.2. The summed E-state index contributed by atoms with van der Waals surface area (Å²) in [4.78, 5) is 20.0. The molecule has 0 aliphatic heterocycles. The lowest BCUT2D eigenvalue weighted by Gasteiger charge is -2.39. The van der Waals surface area contributed by atoms with Gasteiger partial charge < -0.3 is 4.98 Å².